The van der Waals surface area contributed by atoms with Crippen LogP contribution >= 0.6 is 0 Å². The second-order valence-electron chi connectivity index (χ2n) is 5.33. The van der Waals surface area contributed by atoms with E-state index in [4.69, 9.17) is 0 Å². The van der Waals surface area contributed by atoms with Gasteiger partial charge in [-0.1, -0.05) is 18.2 Å². The summed E-state index contributed by atoms with van der Waals surface area (Å²) in [5, 5.41) is 5.95. The van der Waals surface area contributed by atoms with Crippen molar-refractivity contribution in [1.29, 1.82) is 0 Å². The van der Waals surface area contributed by atoms with E-state index in [1.165, 1.54) is 24.3 Å². The third kappa shape index (κ3) is 3.76. The van der Waals surface area contributed by atoms with Crippen molar-refractivity contribution >= 4 is 23.1 Å². The summed E-state index contributed by atoms with van der Waals surface area (Å²) in [7, 11) is 0. The highest BCUT2D eigenvalue weighted by Crippen LogP contribution is 2.19. The molecule has 0 aliphatic carbocycles. The van der Waals surface area contributed by atoms with Crippen molar-refractivity contribution < 1.29 is 9.18 Å². The molecule has 2 N–H and O–H groups in total. The van der Waals surface area contributed by atoms with Crippen LogP contribution in [0.15, 0.2) is 66.9 Å². The predicted molar refractivity (Wildman–Crippen MR) is 93.1 cm³/mol. The fourth-order valence-corrected chi connectivity index (χ4v) is 2.20. The summed E-state index contributed by atoms with van der Waals surface area (Å²) < 4.78 is 12.9. The van der Waals surface area contributed by atoms with Crippen LogP contribution in [0, 0.1) is 12.7 Å². The van der Waals surface area contributed by atoms with Crippen molar-refractivity contribution in [1.82, 2.24) is 4.98 Å². The van der Waals surface area contributed by atoms with E-state index in [9.17, 15) is 9.18 Å². The summed E-state index contributed by atoms with van der Waals surface area (Å²) >= 11 is 0. The molecule has 0 saturated heterocycles. The molecule has 3 rings (SSSR count). The first-order valence-corrected chi connectivity index (χ1v) is 7.47. The van der Waals surface area contributed by atoms with Crippen LogP contribution in [0.2, 0.25) is 0 Å². The summed E-state index contributed by atoms with van der Waals surface area (Å²) in [4.78, 5) is 16.4. The number of rotatable bonds is 4. The molecular formula is C19H16FN3O. The molecule has 1 amide bonds. The molecule has 120 valence electrons. The topological polar surface area (TPSA) is 54.0 Å². The molecule has 1 heterocycles. The Kier molecular flexibility index (Phi) is 4.52. The van der Waals surface area contributed by atoms with Crippen LogP contribution in [0.4, 0.5) is 21.6 Å². The number of aromatic nitrogens is 1. The van der Waals surface area contributed by atoms with E-state index in [1.807, 2.05) is 31.2 Å². The fourth-order valence-electron chi connectivity index (χ4n) is 2.20. The molecule has 0 aliphatic rings. The Morgan fingerprint density at radius 2 is 1.75 bits per heavy atom. The van der Waals surface area contributed by atoms with Crippen LogP contribution in [0.5, 0.6) is 0 Å². The molecule has 0 saturated carbocycles. The first kappa shape index (κ1) is 15.7. The van der Waals surface area contributed by atoms with Gasteiger partial charge in [0.2, 0.25) is 0 Å². The van der Waals surface area contributed by atoms with Crippen molar-refractivity contribution in [2.24, 2.45) is 0 Å². The second kappa shape index (κ2) is 6.91. The molecule has 1 aromatic heterocycles. The number of amides is 1. The molecular weight excluding hydrogens is 305 g/mol. The number of carbonyl (C=O) groups is 1. The van der Waals surface area contributed by atoms with Crippen molar-refractivity contribution in [3.63, 3.8) is 0 Å². The van der Waals surface area contributed by atoms with E-state index in [0.717, 1.165) is 11.3 Å². The van der Waals surface area contributed by atoms with Gasteiger partial charge in [0.1, 0.15) is 11.6 Å². The monoisotopic (exact) mass is 321 g/mol. The lowest BCUT2D eigenvalue weighted by Crippen LogP contribution is -2.12. The molecule has 24 heavy (non-hydrogen) atoms. The zero-order valence-corrected chi connectivity index (χ0v) is 13.1. The van der Waals surface area contributed by atoms with Gasteiger partial charge in [0, 0.05) is 11.3 Å². The van der Waals surface area contributed by atoms with E-state index in [0.29, 0.717) is 17.1 Å². The first-order chi connectivity index (χ1) is 11.6. The SMILES string of the molecule is Cc1ccccc1Nc1ccc(NC(=O)c2ccc(F)cc2)cn1. The molecule has 2 aromatic carbocycles. The average molecular weight is 321 g/mol. The number of benzene rings is 2. The molecule has 5 heteroatoms. The number of nitrogens with zero attached hydrogens (tertiary/aromatic N) is 1. The summed E-state index contributed by atoms with van der Waals surface area (Å²) in [5.74, 6) is 0.000318. The maximum Gasteiger partial charge on any atom is 0.255 e. The third-order valence-electron chi connectivity index (χ3n) is 3.54. The van der Waals surface area contributed by atoms with Crippen LogP contribution in [0.25, 0.3) is 0 Å². The normalized spacial score (nSPS) is 10.2. The Morgan fingerprint density at radius 3 is 2.42 bits per heavy atom. The first-order valence-electron chi connectivity index (χ1n) is 7.47. The Bertz CT molecular complexity index is 845. The van der Waals surface area contributed by atoms with Crippen molar-refractivity contribution in [2.75, 3.05) is 10.6 Å². The third-order valence-corrected chi connectivity index (χ3v) is 3.54. The largest absolute Gasteiger partial charge is 0.340 e. The summed E-state index contributed by atoms with van der Waals surface area (Å²) in [6, 6.07) is 16.8. The highest BCUT2D eigenvalue weighted by Gasteiger charge is 2.06. The minimum Gasteiger partial charge on any atom is -0.340 e. The van der Waals surface area contributed by atoms with Crippen LogP contribution in [-0.4, -0.2) is 10.9 Å². The zero-order valence-electron chi connectivity index (χ0n) is 13.1. The Balaban J connectivity index is 1.67. The van der Waals surface area contributed by atoms with Gasteiger partial charge in [-0.2, -0.15) is 0 Å². The van der Waals surface area contributed by atoms with Gasteiger partial charge < -0.3 is 10.6 Å². The van der Waals surface area contributed by atoms with Crippen molar-refractivity contribution in [2.45, 2.75) is 6.92 Å². The molecule has 0 unspecified atom stereocenters. The molecule has 0 spiro atoms. The van der Waals surface area contributed by atoms with E-state index >= 15 is 0 Å². The number of hydrogen-bond donors (Lipinski definition) is 2. The maximum atomic E-state index is 12.9. The molecule has 0 aliphatic heterocycles. The average Bonchev–Trinajstić information content (AvgIpc) is 2.59. The van der Waals surface area contributed by atoms with Crippen LogP contribution in [-0.2, 0) is 0 Å². The number of para-hydroxylation sites is 1. The minimum atomic E-state index is -0.375. The van der Waals surface area contributed by atoms with Crippen LogP contribution < -0.4 is 10.6 Å². The molecule has 0 bridgehead atoms. The van der Waals surface area contributed by atoms with E-state index in [2.05, 4.69) is 15.6 Å². The van der Waals surface area contributed by atoms with Gasteiger partial charge in [0.05, 0.1) is 11.9 Å². The summed E-state index contributed by atoms with van der Waals surface area (Å²) in [6.07, 6.45) is 1.57. The Morgan fingerprint density at radius 1 is 1.00 bits per heavy atom. The van der Waals surface area contributed by atoms with Crippen molar-refractivity contribution in [3.05, 3.63) is 83.8 Å². The number of aryl methyl sites for hydroxylation is 1. The summed E-state index contributed by atoms with van der Waals surface area (Å²) in [5.41, 5.74) is 3.05. The fraction of sp³-hybridized carbons (Fsp3) is 0.0526. The smallest absolute Gasteiger partial charge is 0.255 e. The van der Waals surface area contributed by atoms with E-state index in [-0.39, 0.29) is 11.7 Å². The predicted octanol–water partition coefficient (Wildman–Crippen LogP) is 4.53. The number of nitrogens with one attached hydrogen (secondary N) is 2. The lowest BCUT2D eigenvalue weighted by molar-refractivity contribution is 0.102. The van der Waals surface area contributed by atoms with Gasteiger partial charge in [-0.15, -0.1) is 0 Å². The standard InChI is InChI=1S/C19H16FN3O/c1-13-4-2-3-5-17(13)23-18-11-10-16(12-21-18)22-19(24)14-6-8-15(20)9-7-14/h2-12H,1H3,(H,21,23)(H,22,24). The Hall–Kier alpha value is -3.21. The van der Waals surface area contributed by atoms with Gasteiger partial charge >= 0.3 is 0 Å². The van der Waals surface area contributed by atoms with Crippen LogP contribution in [0.3, 0.4) is 0 Å². The maximum absolute atomic E-state index is 12.9. The summed E-state index contributed by atoms with van der Waals surface area (Å²) in [6.45, 7) is 2.01. The molecule has 0 radical (unpaired) electrons. The number of carbonyl (C=O) groups excluding carboxylic acids is 1. The highest BCUT2D eigenvalue weighted by atomic mass is 19.1. The Labute approximate surface area is 139 Å². The second-order valence-corrected chi connectivity index (χ2v) is 5.33. The van der Waals surface area contributed by atoms with Gasteiger partial charge in [0.15, 0.2) is 0 Å². The van der Waals surface area contributed by atoms with E-state index < -0.39 is 0 Å². The highest BCUT2D eigenvalue weighted by molar-refractivity contribution is 6.04. The van der Waals surface area contributed by atoms with Gasteiger partial charge in [-0.25, -0.2) is 9.37 Å². The lowest BCUT2D eigenvalue weighted by atomic mass is 10.2. The quantitative estimate of drug-likeness (QED) is 0.742. The zero-order chi connectivity index (χ0) is 16.9. The molecule has 0 atom stereocenters. The number of anilines is 3. The van der Waals surface area contributed by atoms with Gasteiger partial charge in [0.25, 0.3) is 5.91 Å². The van der Waals surface area contributed by atoms with Gasteiger partial charge in [-0.05, 0) is 55.0 Å². The number of pyridine rings is 1. The van der Waals surface area contributed by atoms with Crippen LogP contribution in [0.1, 0.15) is 15.9 Å². The van der Waals surface area contributed by atoms with Gasteiger partial charge in [-0.3, -0.25) is 4.79 Å². The lowest BCUT2D eigenvalue weighted by Gasteiger charge is -2.09. The van der Waals surface area contributed by atoms with E-state index in [1.54, 1.807) is 18.3 Å². The number of hydrogen-bond acceptors (Lipinski definition) is 3. The minimum absolute atomic E-state index is 0.309. The molecule has 0 fully saturated rings. The number of halogens is 1. The molecule has 3 aromatic rings. The van der Waals surface area contributed by atoms with Crippen molar-refractivity contribution in [3.8, 4) is 0 Å². The molecule has 4 nitrogen and oxygen atoms in total.